The molecule has 0 heteroatoms. The van der Waals surface area contributed by atoms with Gasteiger partial charge in [0.2, 0.25) is 0 Å². The molecule has 0 spiro atoms. The van der Waals surface area contributed by atoms with Gasteiger partial charge in [-0.05, 0) is 17.2 Å². The molecule has 0 saturated carbocycles. The average molecular weight is 141 g/mol. The average Bonchev–Trinajstić information content (AvgIpc) is 2.47. The van der Waals surface area contributed by atoms with Crippen LogP contribution in [0, 0.1) is 6.07 Å². The molecule has 1 unspecified atom stereocenters. The predicted octanol–water partition coefficient (Wildman–Crippen LogP) is 2.78. The predicted molar refractivity (Wildman–Crippen MR) is 47.3 cm³/mol. The second-order valence-electron chi connectivity index (χ2n) is 2.66. The lowest BCUT2D eigenvalue weighted by Crippen LogP contribution is -1.86. The molecule has 1 aromatic rings. The summed E-state index contributed by atoms with van der Waals surface area (Å²) in [7, 11) is 0. The van der Waals surface area contributed by atoms with Crippen LogP contribution in [0.3, 0.4) is 0 Å². The minimum atomic E-state index is 0.381. The summed E-state index contributed by atoms with van der Waals surface area (Å²) in [6.07, 6.45) is 6.21. The van der Waals surface area contributed by atoms with Crippen molar-refractivity contribution >= 4 is 6.08 Å². The Kier molecular flexibility index (Phi) is 1.39. The standard InChI is InChI=1S/C11H9/c1-2-9-7-8-10-5-3-4-6-11(9)10/h2-5,7-9H,1H2. The van der Waals surface area contributed by atoms with Crippen LogP contribution in [0.4, 0.5) is 0 Å². The van der Waals surface area contributed by atoms with Gasteiger partial charge in [-0.15, -0.1) is 6.58 Å². The lowest BCUT2D eigenvalue weighted by molar-refractivity contribution is 1.11. The molecule has 11 heavy (non-hydrogen) atoms. The third-order valence-corrected chi connectivity index (χ3v) is 1.99. The minimum Gasteiger partial charge on any atom is -0.102 e. The molecule has 1 aromatic carbocycles. The first-order valence-electron chi connectivity index (χ1n) is 3.73. The molecule has 2 rings (SSSR count). The molecule has 0 amide bonds. The van der Waals surface area contributed by atoms with Crippen molar-refractivity contribution in [2.24, 2.45) is 0 Å². The first-order chi connectivity index (χ1) is 5.42. The molecule has 1 atom stereocenters. The van der Waals surface area contributed by atoms with Crippen LogP contribution in [0.5, 0.6) is 0 Å². The van der Waals surface area contributed by atoms with E-state index in [1.54, 1.807) is 0 Å². The summed E-state index contributed by atoms with van der Waals surface area (Å²) in [4.78, 5) is 0. The maximum absolute atomic E-state index is 3.77. The van der Waals surface area contributed by atoms with Crippen LogP contribution in [0.15, 0.2) is 36.9 Å². The fourth-order valence-corrected chi connectivity index (χ4v) is 1.40. The van der Waals surface area contributed by atoms with Gasteiger partial charge in [-0.3, -0.25) is 0 Å². The smallest absolute Gasteiger partial charge is 0.0211 e. The Balaban J connectivity index is 2.53. The normalized spacial score (nSPS) is 19.8. The monoisotopic (exact) mass is 141 g/mol. The van der Waals surface area contributed by atoms with Crippen molar-refractivity contribution in [3.8, 4) is 0 Å². The van der Waals surface area contributed by atoms with E-state index in [1.807, 2.05) is 18.2 Å². The second-order valence-corrected chi connectivity index (χ2v) is 2.66. The van der Waals surface area contributed by atoms with Gasteiger partial charge in [0.25, 0.3) is 0 Å². The van der Waals surface area contributed by atoms with Crippen LogP contribution in [0.25, 0.3) is 6.08 Å². The van der Waals surface area contributed by atoms with Crippen LogP contribution in [-0.4, -0.2) is 0 Å². The summed E-state index contributed by atoms with van der Waals surface area (Å²) < 4.78 is 0. The highest BCUT2D eigenvalue weighted by atomic mass is 14.2. The fourth-order valence-electron chi connectivity index (χ4n) is 1.40. The zero-order valence-corrected chi connectivity index (χ0v) is 6.25. The van der Waals surface area contributed by atoms with Crippen LogP contribution in [0.2, 0.25) is 0 Å². The highest BCUT2D eigenvalue weighted by Gasteiger charge is 2.12. The lowest BCUT2D eigenvalue weighted by Gasteiger charge is -2.02. The molecule has 0 bridgehead atoms. The SMILES string of the molecule is C=CC1C=Cc2ccc[c]c21. The van der Waals surface area contributed by atoms with Crippen molar-refractivity contribution in [2.75, 3.05) is 0 Å². The molecule has 1 aliphatic carbocycles. The van der Waals surface area contributed by atoms with Gasteiger partial charge in [-0.25, -0.2) is 0 Å². The quantitative estimate of drug-likeness (QED) is 0.527. The second kappa shape index (κ2) is 2.39. The molecule has 1 aliphatic rings. The summed E-state index contributed by atoms with van der Waals surface area (Å²) in [6.45, 7) is 3.77. The van der Waals surface area contributed by atoms with E-state index in [2.05, 4.69) is 30.9 Å². The Labute approximate surface area is 66.9 Å². The van der Waals surface area contributed by atoms with Crippen molar-refractivity contribution in [1.82, 2.24) is 0 Å². The third-order valence-electron chi connectivity index (χ3n) is 1.99. The molecule has 0 N–H and O–H groups in total. The van der Waals surface area contributed by atoms with Gasteiger partial charge < -0.3 is 0 Å². The molecule has 0 fully saturated rings. The van der Waals surface area contributed by atoms with Crippen LogP contribution < -0.4 is 0 Å². The van der Waals surface area contributed by atoms with E-state index in [0.29, 0.717) is 5.92 Å². The number of fused-ring (bicyclic) bond motifs is 1. The molecule has 1 radical (unpaired) electrons. The minimum absolute atomic E-state index is 0.381. The summed E-state index contributed by atoms with van der Waals surface area (Å²) in [5.41, 5.74) is 2.53. The van der Waals surface area contributed by atoms with Crippen LogP contribution in [0.1, 0.15) is 17.0 Å². The molecule has 0 heterocycles. The van der Waals surface area contributed by atoms with Crippen molar-refractivity contribution in [2.45, 2.75) is 5.92 Å². The van der Waals surface area contributed by atoms with Gasteiger partial charge in [0.15, 0.2) is 0 Å². The molecule has 0 aliphatic heterocycles. The molecule has 53 valence electrons. The van der Waals surface area contributed by atoms with E-state index in [-0.39, 0.29) is 0 Å². The summed E-state index contributed by atoms with van der Waals surface area (Å²) in [6, 6.07) is 9.27. The van der Waals surface area contributed by atoms with Crippen molar-refractivity contribution < 1.29 is 0 Å². The van der Waals surface area contributed by atoms with Gasteiger partial charge in [0.1, 0.15) is 0 Å². The maximum atomic E-state index is 3.77. The molecular weight excluding hydrogens is 132 g/mol. The molecule has 0 nitrogen and oxygen atoms in total. The van der Waals surface area contributed by atoms with E-state index in [9.17, 15) is 0 Å². The highest BCUT2D eigenvalue weighted by molar-refractivity contribution is 5.63. The Bertz CT molecular complexity index is 308. The Morgan fingerprint density at radius 1 is 1.55 bits per heavy atom. The zero-order valence-electron chi connectivity index (χ0n) is 6.25. The van der Waals surface area contributed by atoms with Crippen molar-refractivity contribution in [3.63, 3.8) is 0 Å². The van der Waals surface area contributed by atoms with Crippen molar-refractivity contribution in [3.05, 3.63) is 54.1 Å². The van der Waals surface area contributed by atoms with Crippen LogP contribution >= 0.6 is 0 Å². The van der Waals surface area contributed by atoms with Gasteiger partial charge in [-0.1, -0.05) is 36.4 Å². The highest BCUT2D eigenvalue weighted by Crippen LogP contribution is 2.29. The number of benzene rings is 1. The van der Waals surface area contributed by atoms with Gasteiger partial charge >= 0.3 is 0 Å². The van der Waals surface area contributed by atoms with E-state index in [4.69, 9.17) is 0 Å². The van der Waals surface area contributed by atoms with Gasteiger partial charge in [0.05, 0.1) is 0 Å². The Morgan fingerprint density at radius 2 is 2.45 bits per heavy atom. The first kappa shape index (κ1) is 6.41. The molecule has 0 saturated heterocycles. The number of rotatable bonds is 1. The fraction of sp³-hybridized carbons (Fsp3) is 0.0909. The zero-order chi connectivity index (χ0) is 7.68. The number of allylic oxidation sites excluding steroid dienone is 2. The number of hydrogen-bond acceptors (Lipinski definition) is 0. The Morgan fingerprint density at radius 3 is 3.27 bits per heavy atom. The van der Waals surface area contributed by atoms with E-state index < -0.39 is 0 Å². The topological polar surface area (TPSA) is 0 Å². The summed E-state index contributed by atoms with van der Waals surface area (Å²) in [5, 5.41) is 0. The van der Waals surface area contributed by atoms with E-state index in [0.717, 1.165) is 0 Å². The van der Waals surface area contributed by atoms with Crippen LogP contribution in [-0.2, 0) is 0 Å². The van der Waals surface area contributed by atoms with E-state index in [1.165, 1.54) is 11.1 Å². The van der Waals surface area contributed by atoms with E-state index >= 15 is 0 Å². The summed E-state index contributed by atoms with van der Waals surface area (Å²) in [5.74, 6) is 0.381. The molecular formula is C11H9. The first-order valence-corrected chi connectivity index (χ1v) is 3.73. The van der Waals surface area contributed by atoms with Gasteiger partial charge in [0, 0.05) is 5.92 Å². The summed E-state index contributed by atoms with van der Waals surface area (Å²) >= 11 is 0. The van der Waals surface area contributed by atoms with Crippen molar-refractivity contribution in [1.29, 1.82) is 0 Å². The lowest BCUT2D eigenvalue weighted by atomic mass is 10.0. The largest absolute Gasteiger partial charge is 0.102 e. The molecule has 0 aromatic heterocycles. The third kappa shape index (κ3) is 0.911. The van der Waals surface area contributed by atoms with Gasteiger partial charge in [-0.2, -0.15) is 0 Å². The Hall–Kier alpha value is -1.30. The number of hydrogen-bond donors (Lipinski definition) is 0. The maximum Gasteiger partial charge on any atom is 0.0211 e.